The molecule has 0 aliphatic rings. The third kappa shape index (κ3) is 5.61. The van der Waals surface area contributed by atoms with E-state index < -0.39 is 10.8 Å². The molecule has 3 rings (SSSR count). The minimum atomic E-state index is -0.548. The molecule has 0 radical (unpaired) electrons. The van der Waals surface area contributed by atoms with Crippen molar-refractivity contribution >= 4 is 33.7 Å². The van der Waals surface area contributed by atoms with Crippen LogP contribution in [0.4, 0.5) is 5.69 Å². The highest BCUT2D eigenvalue weighted by Gasteiger charge is 2.13. The molecule has 2 N–H and O–H groups in total. The number of phenols is 1. The van der Waals surface area contributed by atoms with Crippen molar-refractivity contribution in [2.45, 2.75) is 6.61 Å². The molecule has 0 aromatic heterocycles. The van der Waals surface area contributed by atoms with E-state index in [-0.39, 0.29) is 23.6 Å². The average molecular weight is 500 g/mol. The summed E-state index contributed by atoms with van der Waals surface area (Å²) in [5.74, 6) is 0.184. The Kier molecular flexibility index (Phi) is 7.40. The molecule has 32 heavy (non-hydrogen) atoms. The number of carbonyl (C=O) groups excluding carboxylic acids is 1. The number of hydrogen-bond donors (Lipinski definition) is 2. The van der Waals surface area contributed by atoms with E-state index in [4.69, 9.17) is 9.47 Å². The number of hydrazone groups is 1. The van der Waals surface area contributed by atoms with Gasteiger partial charge < -0.3 is 14.6 Å². The minimum Gasteiger partial charge on any atom is -0.507 e. The monoisotopic (exact) mass is 499 g/mol. The molecule has 1 amide bonds. The molecular weight excluding hydrogens is 482 g/mol. The molecule has 0 spiro atoms. The maximum atomic E-state index is 12.1. The first kappa shape index (κ1) is 22.8. The number of benzene rings is 3. The molecule has 0 saturated carbocycles. The first-order chi connectivity index (χ1) is 15.4. The summed E-state index contributed by atoms with van der Waals surface area (Å²) in [6, 6.07) is 15.6. The zero-order valence-corrected chi connectivity index (χ0v) is 18.4. The maximum absolute atomic E-state index is 12.1. The van der Waals surface area contributed by atoms with Crippen molar-refractivity contribution < 1.29 is 24.3 Å². The van der Waals surface area contributed by atoms with Gasteiger partial charge in [0.15, 0.2) is 11.5 Å². The van der Waals surface area contributed by atoms with E-state index in [0.29, 0.717) is 21.5 Å². The van der Waals surface area contributed by atoms with Gasteiger partial charge in [0.1, 0.15) is 12.4 Å². The van der Waals surface area contributed by atoms with E-state index in [1.807, 2.05) is 0 Å². The van der Waals surface area contributed by atoms with Crippen LogP contribution in [-0.2, 0) is 6.61 Å². The molecular formula is C22H18BrN3O6. The average Bonchev–Trinajstić information content (AvgIpc) is 2.78. The Morgan fingerprint density at radius 2 is 1.94 bits per heavy atom. The number of phenolic OH excluding ortho intramolecular Hbond substituents is 1. The highest BCUT2D eigenvalue weighted by Crippen LogP contribution is 2.37. The largest absolute Gasteiger partial charge is 0.507 e. The number of rotatable bonds is 8. The summed E-state index contributed by atoms with van der Waals surface area (Å²) in [6.45, 7) is 0.178. The zero-order chi connectivity index (χ0) is 23.1. The van der Waals surface area contributed by atoms with Crippen molar-refractivity contribution in [1.29, 1.82) is 0 Å². The molecule has 0 aliphatic heterocycles. The van der Waals surface area contributed by atoms with Crippen molar-refractivity contribution in [3.05, 3.63) is 91.9 Å². The second kappa shape index (κ2) is 10.4. The van der Waals surface area contributed by atoms with Gasteiger partial charge in [-0.1, -0.05) is 12.1 Å². The normalized spacial score (nSPS) is 10.7. The Morgan fingerprint density at radius 1 is 1.22 bits per heavy atom. The predicted octanol–water partition coefficient (Wildman–Crippen LogP) is 4.41. The number of hydrogen-bond acceptors (Lipinski definition) is 7. The van der Waals surface area contributed by atoms with Crippen molar-refractivity contribution in [2.75, 3.05) is 7.11 Å². The van der Waals surface area contributed by atoms with E-state index >= 15 is 0 Å². The number of nitrogens with one attached hydrogen (secondary N) is 1. The van der Waals surface area contributed by atoms with E-state index in [9.17, 15) is 20.0 Å². The molecule has 0 heterocycles. The molecule has 0 atom stereocenters. The van der Waals surface area contributed by atoms with E-state index in [2.05, 4.69) is 26.5 Å². The summed E-state index contributed by atoms with van der Waals surface area (Å²) in [7, 11) is 1.49. The Hall–Kier alpha value is -3.92. The van der Waals surface area contributed by atoms with Gasteiger partial charge in [0.05, 0.1) is 28.3 Å². The highest BCUT2D eigenvalue weighted by molar-refractivity contribution is 9.10. The molecule has 164 valence electrons. The predicted molar refractivity (Wildman–Crippen MR) is 121 cm³/mol. The topological polar surface area (TPSA) is 123 Å². The van der Waals surface area contributed by atoms with Gasteiger partial charge in [-0.15, -0.1) is 0 Å². The number of para-hydroxylation sites is 1. The number of carbonyl (C=O) groups is 1. The Bertz CT molecular complexity index is 1160. The van der Waals surface area contributed by atoms with Crippen LogP contribution in [0.2, 0.25) is 0 Å². The van der Waals surface area contributed by atoms with Crippen LogP contribution in [0.1, 0.15) is 21.5 Å². The van der Waals surface area contributed by atoms with Gasteiger partial charge in [0.2, 0.25) is 0 Å². The zero-order valence-electron chi connectivity index (χ0n) is 16.8. The molecule has 3 aromatic carbocycles. The molecule has 0 fully saturated rings. The number of nitro groups is 1. The number of methoxy groups -OCH3 is 1. The van der Waals surface area contributed by atoms with Gasteiger partial charge >= 0.3 is 0 Å². The van der Waals surface area contributed by atoms with Gasteiger partial charge in [0.25, 0.3) is 11.6 Å². The van der Waals surface area contributed by atoms with Crippen LogP contribution in [0.3, 0.4) is 0 Å². The third-order valence-corrected chi connectivity index (χ3v) is 4.90. The SMILES string of the molecule is COc1cc(/C=N\NC(=O)c2ccccc2O)cc(Br)c1OCc1ccc([N+](=O)[O-])cc1. The first-order valence-electron chi connectivity index (χ1n) is 9.24. The fourth-order valence-corrected chi connectivity index (χ4v) is 3.29. The summed E-state index contributed by atoms with van der Waals surface area (Å²) in [5, 5.41) is 24.4. The summed E-state index contributed by atoms with van der Waals surface area (Å²) < 4.78 is 11.8. The first-order valence-corrected chi connectivity index (χ1v) is 10.0. The van der Waals surface area contributed by atoms with Crippen LogP contribution in [0.15, 0.2) is 70.2 Å². The Balaban J connectivity index is 1.69. The van der Waals surface area contributed by atoms with Crippen LogP contribution in [0.25, 0.3) is 0 Å². The molecule has 10 heteroatoms. The minimum absolute atomic E-state index is 0.00530. The molecule has 0 unspecified atom stereocenters. The van der Waals surface area contributed by atoms with Gasteiger partial charge in [-0.3, -0.25) is 14.9 Å². The van der Waals surface area contributed by atoms with Gasteiger partial charge in [-0.25, -0.2) is 5.43 Å². The van der Waals surface area contributed by atoms with Crippen molar-refractivity contribution in [1.82, 2.24) is 5.43 Å². The lowest BCUT2D eigenvalue weighted by atomic mass is 10.2. The van der Waals surface area contributed by atoms with Gasteiger partial charge in [-0.2, -0.15) is 5.10 Å². The number of halogens is 1. The third-order valence-electron chi connectivity index (χ3n) is 4.31. The maximum Gasteiger partial charge on any atom is 0.275 e. The number of nitro benzene ring substituents is 1. The van der Waals surface area contributed by atoms with Crippen LogP contribution < -0.4 is 14.9 Å². The molecule has 9 nitrogen and oxygen atoms in total. The van der Waals surface area contributed by atoms with E-state index in [1.54, 1.807) is 36.4 Å². The fraction of sp³-hybridized carbons (Fsp3) is 0.0909. The number of non-ortho nitro benzene ring substituents is 1. The van der Waals surface area contributed by atoms with Gasteiger partial charge in [-0.05, 0) is 63.5 Å². The summed E-state index contributed by atoms with van der Waals surface area (Å²) >= 11 is 3.43. The molecule has 0 bridgehead atoms. The van der Waals surface area contributed by atoms with Crippen molar-refractivity contribution in [3.63, 3.8) is 0 Å². The summed E-state index contributed by atoms with van der Waals surface area (Å²) in [6.07, 6.45) is 1.42. The highest BCUT2D eigenvalue weighted by atomic mass is 79.9. The van der Waals surface area contributed by atoms with Crippen LogP contribution in [-0.4, -0.2) is 29.3 Å². The van der Waals surface area contributed by atoms with Crippen molar-refractivity contribution in [3.8, 4) is 17.2 Å². The lowest BCUT2D eigenvalue weighted by Gasteiger charge is -2.13. The second-order valence-corrected chi connectivity index (χ2v) is 7.32. The Morgan fingerprint density at radius 3 is 2.59 bits per heavy atom. The molecule has 0 aliphatic carbocycles. The van der Waals surface area contributed by atoms with Crippen molar-refractivity contribution in [2.24, 2.45) is 5.10 Å². The van der Waals surface area contributed by atoms with Crippen LogP contribution in [0, 0.1) is 10.1 Å². The summed E-state index contributed by atoms with van der Waals surface area (Å²) in [4.78, 5) is 22.4. The van der Waals surface area contributed by atoms with Crippen LogP contribution in [0.5, 0.6) is 17.2 Å². The number of ether oxygens (including phenoxy) is 2. The van der Waals surface area contributed by atoms with E-state index in [1.165, 1.54) is 37.6 Å². The number of aromatic hydroxyl groups is 1. The fourth-order valence-electron chi connectivity index (χ4n) is 2.72. The van der Waals surface area contributed by atoms with Crippen LogP contribution >= 0.6 is 15.9 Å². The summed E-state index contributed by atoms with van der Waals surface area (Å²) in [5.41, 5.74) is 3.84. The standard InChI is InChI=1S/C22H18BrN3O6/c1-31-20-11-15(12-24-25-22(28)17-4-2-3-5-19(17)27)10-18(23)21(20)32-13-14-6-8-16(9-7-14)26(29)30/h2-12,27H,13H2,1H3,(H,25,28)/b24-12-. The number of nitrogens with zero attached hydrogens (tertiary/aromatic N) is 2. The number of amides is 1. The molecule has 3 aromatic rings. The Labute approximate surface area is 191 Å². The quantitative estimate of drug-likeness (QED) is 0.268. The van der Waals surface area contributed by atoms with Gasteiger partial charge in [0, 0.05) is 12.1 Å². The van der Waals surface area contributed by atoms with E-state index in [0.717, 1.165) is 5.56 Å². The second-order valence-electron chi connectivity index (χ2n) is 6.46. The lowest BCUT2D eigenvalue weighted by Crippen LogP contribution is -2.17. The lowest BCUT2D eigenvalue weighted by molar-refractivity contribution is -0.384. The molecule has 0 saturated heterocycles. The smallest absolute Gasteiger partial charge is 0.275 e.